The number of oxazole rings is 1. The maximum absolute atomic E-state index is 5.68. The van der Waals surface area contributed by atoms with E-state index in [4.69, 9.17) is 9.15 Å². The number of nitrogens with one attached hydrogen (secondary N) is 1. The van der Waals surface area contributed by atoms with E-state index in [0.717, 1.165) is 37.6 Å². The Morgan fingerprint density at radius 2 is 2.18 bits per heavy atom. The van der Waals surface area contributed by atoms with Crippen molar-refractivity contribution in [2.45, 2.75) is 45.6 Å². The summed E-state index contributed by atoms with van der Waals surface area (Å²) in [6, 6.07) is 0. The fourth-order valence-electron chi connectivity index (χ4n) is 1.47. The lowest BCUT2D eigenvalue weighted by atomic mass is 10.1. The zero-order valence-corrected chi connectivity index (χ0v) is 11.4. The molecule has 1 rings (SSSR count). The van der Waals surface area contributed by atoms with Crippen LogP contribution >= 0.6 is 0 Å². The van der Waals surface area contributed by atoms with Crippen molar-refractivity contribution in [1.29, 1.82) is 0 Å². The second kappa shape index (κ2) is 6.77. The summed E-state index contributed by atoms with van der Waals surface area (Å²) in [4.78, 5) is 4.27. The molecule has 0 fully saturated rings. The number of nitrogens with zero attached hydrogens (tertiary/aromatic N) is 1. The fraction of sp³-hybridized carbons (Fsp3) is 0.769. The van der Waals surface area contributed by atoms with Crippen molar-refractivity contribution < 1.29 is 9.15 Å². The molecule has 0 aliphatic carbocycles. The van der Waals surface area contributed by atoms with E-state index in [-0.39, 0.29) is 0 Å². The van der Waals surface area contributed by atoms with Gasteiger partial charge in [-0.3, -0.25) is 0 Å². The summed E-state index contributed by atoms with van der Waals surface area (Å²) < 4.78 is 11.0. The number of hydrogen-bond acceptors (Lipinski definition) is 4. The maximum Gasteiger partial charge on any atom is 0.194 e. The molecule has 4 heteroatoms. The Morgan fingerprint density at radius 3 is 2.82 bits per heavy atom. The summed E-state index contributed by atoms with van der Waals surface area (Å²) in [6.07, 6.45) is 4.85. The zero-order chi connectivity index (χ0) is 12.7. The molecule has 0 spiro atoms. The molecule has 4 nitrogen and oxygen atoms in total. The zero-order valence-electron chi connectivity index (χ0n) is 11.4. The smallest absolute Gasteiger partial charge is 0.194 e. The molecule has 1 heterocycles. The minimum Gasteiger partial charge on any atom is -0.443 e. The number of hydrogen-bond donors (Lipinski definition) is 1. The van der Waals surface area contributed by atoms with Crippen molar-refractivity contribution in [3.63, 3.8) is 0 Å². The molecule has 0 saturated carbocycles. The summed E-state index contributed by atoms with van der Waals surface area (Å²) in [5.74, 6) is 1.58. The number of aryl methyl sites for hydroxylation is 1. The predicted octanol–water partition coefficient (Wildman–Crippen LogP) is 2.49. The van der Waals surface area contributed by atoms with Gasteiger partial charge in [-0.1, -0.05) is 6.92 Å². The molecule has 0 saturated heterocycles. The average molecular weight is 240 g/mol. The van der Waals surface area contributed by atoms with Gasteiger partial charge in [0.05, 0.1) is 6.20 Å². The van der Waals surface area contributed by atoms with Crippen molar-refractivity contribution in [3.8, 4) is 0 Å². The van der Waals surface area contributed by atoms with Crippen molar-refractivity contribution in [2.24, 2.45) is 0 Å². The van der Waals surface area contributed by atoms with Crippen LogP contribution in [-0.2, 0) is 16.8 Å². The van der Waals surface area contributed by atoms with E-state index >= 15 is 0 Å². The van der Waals surface area contributed by atoms with Crippen LogP contribution in [-0.4, -0.2) is 25.2 Å². The van der Waals surface area contributed by atoms with Crippen LogP contribution in [0.2, 0.25) is 0 Å². The van der Waals surface area contributed by atoms with Crippen LogP contribution in [0.4, 0.5) is 0 Å². The molecule has 0 aliphatic rings. The molecular formula is C13H24N2O2. The molecule has 1 aromatic heterocycles. The quantitative estimate of drug-likeness (QED) is 0.709. The van der Waals surface area contributed by atoms with E-state index in [9.17, 15) is 0 Å². The summed E-state index contributed by atoms with van der Waals surface area (Å²) >= 11 is 0. The second-order valence-electron chi connectivity index (χ2n) is 4.69. The maximum atomic E-state index is 5.68. The largest absolute Gasteiger partial charge is 0.443 e. The molecule has 98 valence electrons. The van der Waals surface area contributed by atoms with Crippen LogP contribution in [0, 0.1) is 0 Å². The van der Waals surface area contributed by atoms with Gasteiger partial charge in [0.25, 0.3) is 0 Å². The third kappa shape index (κ3) is 4.48. The minimum atomic E-state index is -0.397. The third-order valence-electron chi connectivity index (χ3n) is 2.83. The van der Waals surface area contributed by atoms with Crippen molar-refractivity contribution in [1.82, 2.24) is 10.3 Å². The molecule has 0 unspecified atom stereocenters. The van der Waals surface area contributed by atoms with Crippen LogP contribution in [0.25, 0.3) is 0 Å². The summed E-state index contributed by atoms with van der Waals surface area (Å²) in [6.45, 7) is 8.20. The Balaban J connectivity index is 2.36. The first-order valence-electron chi connectivity index (χ1n) is 6.31. The van der Waals surface area contributed by atoms with E-state index in [1.165, 1.54) is 6.42 Å². The molecule has 17 heavy (non-hydrogen) atoms. The van der Waals surface area contributed by atoms with Gasteiger partial charge >= 0.3 is 0 Å². The van der Waals surface area contributed by atoms with Crippen molar-refractivity contribution >= 4 is 0 Å². The molecule has 0 aromatic carbocycles. The topological polar surface area (TPSA) is 47.3 Å². The Hall–Kier alpha value is -0.870. The molecule has 1 aromatic rings. The van der Waals surface area contributed by atoms with Crippen LogP contribution in [0.1, 0.15) is 45.3 Å². The van der Waals surface area contributed by atoms with Gasteiger partial charge in [0.1, 0.15) is 5.60 Å². The second-order valence-corrected chi connectivity index (χ2v) is 4.69. The standard InChI is InChI=1S/C13H24N2O2/c1-5-8-14-9-6-7-12-15-10-11(17-12)13(2,3)16-4/h10,14H,5-9H2,1-4H3. The van der Waals surface area contributed by atoms with Gasteiger partial charge in [-0.15, -0.1) is 0 Å². The first-order chi connectivity index (χ1) is 8.10. The van der Waals surface area contributed by atoms with Crippen LogP contribution in [0.15, 0.2) is 10.6 Å². The number of ether oxygens (including phenoxy) is 1. The van der Waals surface area contributed by atoms with Gasteiger partial charge in [-0.25, -0.2) is 4.98 Å². The Kier molecular flexibility index (Phi) is 5.65. The number of aromatic nitrogens is 1. The van der Waals surface area contributed by atoms with E-state index < -0.39 is 5.60 Å². The van der Waals surface area contributed by atoms with Gasteiger partial charge in [-0.05, 0) is 39.8 Å². The van der Waals surface area contributed by atoms with Gasteiger partial charge in [0.15, 0.2) is 11.7 Å². The van der Waals surface area contributed by atoms with E-state index in [1.807, 2.05) is 13.8 Å². The van der Waals surface area contributed by atoms with Crippen LogP contribution < -0.4 is 5.32 Å². The third-order valence-corrected chi connectivity index (χ3v) is 2.83. The average Bonchev–Trinajstić information content (AvgIpc) is 2.78. The van der Waals surface area contributed by atoms with E-state index in [0.29, 0.717) is 0 Å². The molecule has 0 amide bonds. The molecule has 0 radical (unpaired) electrons. The van der Waals surface area contributed by atoms with E-state index in [1.54, 1.807) is 13.3 Å². The Bertz CT molecular complexity index is 321. The lowest BCUT2D eigenvalue weighted by Crippen LogP contribution is -2.18. The Morgan fingerprint density at radius 1 is 1.41 bits per heavy atom. The molecule has 0 aliphatic heterocycles. The molecule has 0 bridgehead atoms. The SMILES string of the molecule is CCCNCCCc1ncc(C(C)(C)OC)o1. The highest BCUT2D eigenvalue weighted by Gasteiger charge is 2.24. The van der Waals surface area contributed by atoms with Crippen molar-refractivity contribution in [3.05, 3.63) is 17.8 Å². The van der Waals surface area contributed by atoms with E-state index in [2.05, 4.69) is 17.2 Å². The lowest BCUT2D eigenvalue weighted by molar-refractivity contribution is 0.0000955. The highest BCUT2D eigenvalue weighted by Crippen LogP contribution is 2.24. The first kappa shape index (κ1) is 14.2. The highest BCUT2D eigenvalue weighted by molar-refractivity contribution is 5.03. The number of methoxy groups -OCH3 is 1. The molecule has 1 N–H and O–H groups in total. The summed E-state index contributed by atoms with van der Waals surface area (Å²) in [7, 11) is 1.68. The van der Waals surface area contributed by atoms with Crippen molar-refractivity contribution in [2.75, 3.05) is 20.2 Å². The lowest BCUT2D eigenvalue weighted by Gasteiger charge is -2.18. The summed E-state index contributed by atoms with van der Waals surface area (Å²) in [5.41, 5.74) is -0.397. The van der Waals surface area contributed by atoms with Crippen LogP contribution in [0.3, 0.4) is 0 Å². The Labute approximate surface area is 104 Å². The predicted molar refractivity (Wildman–Crippen MR) is 68.0 cm³/mol. The van der Waals surface area contributed by atoms with Crippen LogP contribution in [0.5, 0.6) is 0 Å². The first-order valence-corrected chi connectivity index (χ1v) is 6.31. The van der Waals surface area contributed by atoms with Gasteiger partial charge in [0, 0.05) is 13.5 Å². The van der Waals surface area contributed by atoms with Gasteiger partial charge in [0.2, 0.25) is 0 Å². The van der Waals surface area contributed by atoms with Gasteiger partial charge < -0.3 is 14.5 Å². The van der Waals surface area contributed by atoms with Gasteiger partial charge in [-0.2, -0.15) is 0 Å². The minimum absolute atomic E-state index is 0.397. The molecule has 0 atom stereocenters. The number of rotatable bonds is 8. The summed E-state index contributed by atoms with van der Waals surface area (Å²) in [5, 5.41) is 3.36. The highest BCUT2D eigenvalue weighted by atomic mass is 16.5. The molecular weight excluding hydrogens is 216 g/mol. The fourth-order valence-corrected chi connectivity index (χ4v) is 1.47. The normalized spacial score (nSPS) is 12.0. The monoisotopic (exact) mass is 240 g/mol.